The molecule has 1 amide bonds. The standard InChI is InChI=1S/C13H22N2O3/c1-9-10(13(17)18)6-8-15(9)12(16)11-5-3-2-4-7-14-11/h9-11,14H,2-8H2,1H3,(H,17,18). The number of aliphatic carboxylic acids is 1. The van der Waals surface area contributed by atoms with Crippen LogP contribution in [0.1, 0.15) is 39.0 Å². The molecule has 2 aliphatic rings. The van der Waals surface area contributed by atoms with Crippen LogP contribution in [-0.4, -0.2) is 47.1 Å². The van der Waals surface area contributed by atoms with Crippen molar-refractivity contribution in [3.05, 3.63) is 0 Å². The maximum Gasteiger partial charge on any atom is 0.308 e. The fraction of sp³-hybridized carbons (Fsp3) is 0.846. The number of carboxylic acid groups (broad SMARTS) is 1. The number of carboxylic acids is 1. The molecular weight excluding hydrogens is 232 g/mol. The van der Waals surface area contributed by atoms with E-state index in [0.717, 1.165) is 25.8 Å². The molecule has 3 unspecified atom stereocenters. The molecule has 0 bridgehead atoms. The van der Waals surface area contributed by atoms with E-state index in [1.807, 2.05) is 6.92 Å². The van der Waals surface area contributed by atoms with E-state index in [4.69, 9.17) is 5.11 Å². The van der Waals surface area contributed by atoms with Crippen molar-refractivity contribution >= 4 is 11.9 Å². The molecule has 2 fully saturated rings. The highest BCUT2D eigenvalue weighted by molar-refractivity contribution is 5.84. The van der Waals surface area contributed by atoms with Gasteiger partial charge in [-0.2, -0.15) is 0 Å². The van der Waals surface area contributed by atoms with Gasteiger partial charge in [0.1, 0.15) is 0 Å². The van der Waals surface area contributed by atoms with Gasteiger partial charge in [0.25, 0.3) is 0 Å². The molecule has 102 valence electrons. The van der Waals surface area contributed by atoms with Crippen LogP contribution in [0.4, 0.5) is 0 Å². The molecular formula is C13H22N2O3. The molecule has 0 aromatic rings. The molecule has 2 aliphatic heterocycles. The SMILES string of the molecule is CC1C(C(=O)O)CCN1C(=O)C1CCCCCN1. The van der Waals surface area contributed by atoms with Crippen molar-refractivity contribution in [2.45, 2.75) is 51.1 Å². The Bertz CT molecular complexity index is 324. The van der Waals surface area contributed by atoms with Crippen LogP contribution in [0.2, 0.25) is 0 Å². The second kappa shape index (κ2) is 5.69. The Morgan fingerprint density at radius 2 is 2.00 bits per heavy atom. The number of hydrogen-bond donors (Lipinski definition) is 2. The number of likely N-dealkylation sites (tertiary alicyclic amines) is 1. The zero-order chi connectivity index (χ0) is 13.1. The molecule has 0 aliphatic carbocycles. The molecule has 2 N–H and O–H groups in total. The molecule has 0 aromatic heterocycles. The Hall–Kier alpha value is -1.10. The summed E-state index contributed by atoms with van der Waals surface area (Å²) in [5.74, 6) is -1.10. The molecule has 3 atom stereocenters. The monoisotopic (exact) mass is 254 g/mol. The largest absolute Gasteiger partial charge is 0.481 e. The van der Waals surface area contributed by atoms with E-state index in [1.165, 1.54) is 6.42 Å². The molecule has 0 aromatic carbocycles. The Morgan fingerprint density at radius 3 is 2.67 bits per heavy atom. The summed E-state index contributed by atoms with van der Waals surface area (Å²) in [6, 6.07) is -0.289. The van der Waals surface area contributed by atoms with E-state index in [9.17, 15) is 9.59 Å². The first-order valence-corrected chi connectivity index (χ1v) is 6.88. The van der Waals surface area contributed by atoms with Crippen molar-refractivity contribution in [1.82, 2.24) is 10.2 Å². The minimum atomic E-state index is -0.786. The van der Waals surface area contributed by atoms with E-state index in [0.29, 0.717) is 13.0 Å². The van der Waals surface area contributed by atoms with E-state index in [-0.39, 0.29) is 18.0 Å². The summed E-state index contributed by atoms with van der Waals surface area (Å²) in [4.78, 5) is 25.2. The number of amides is 1. The fourth-order valence-corrected chi connectivity index (χ4v) is 3.02. The first-order chi connectivity index (χ1) is 8.61. The Labute approximate surface area is 108 Å². The Kier molecular flexibility index (Phi) is 4.22. The minimum absolute atomic E-state index is 0.0909. The van der Waals surface area contributed by atoms with Crippen molar-refractivity contribution in [3.8, 4) is 0 Å². The van der Waals surface area contributed by atoms with Crippen LogP contribution in [0.25, 0.3) is 0 Å². The van der Waals surface area contributed by atoms with Crippen LogP contribution < -0.4 is 5.32 Å². The molecule has 2 heterocycles. The second-order valence-corrected chi connectivity index (χ2v) is 5.36. The third kappa shape index (κ3) is 2.66. The van der Waals surface area contributed by atoms with Gasteiger partial charge in [0.2, 0.25) is 5.91 Å². The quantitative estimate of drug-likeness (QED) is 0.766. The predicted octanol–water partition coefficient (Wildman–Crippen LogP) is 0.840. The van der Waals surface area contributed by atoms with Crippen molar-refractivity contribution in [2.75, 3.05) is 13.1 Å². The van der Waals surface area contributed by atoms with E-state index >= 15 is 0 Å². The first kappa shape index (κ1) is 13.3. The molecule has 5 heteroatoms. The second-order valence-electron chi connectivity index (χ2n) is 5.36. The summed E-state index contributed by atoms with van der Waals surface area (Å²) >= 11 is 0. The van der Waals surface area contributed by atoms with Gasteiger partial charge in [-0.15, -0.1) is 0 Å². The zero-order valence-electron chi connectivity index (χ0n) is 10.9. The third-order valence-corrected chi connectivity index (χ3v) is 4.21. The predicted molar refractivity (Wildman–Crippen MR) is 67.2 cm³/mol. The fourth-order valence-electron chi connectivity index (χ4n) is 3.02. The van der Waals surface area contributed by atoms with E-state index < -0.39 is 11.9 Å². The number of carbonyl (C=O) groups is 2. The van der Waals surface area contributed by atoms with Gasteiger partial charge in [0, 0.05) is 12.6 Å². The van der Waals surface area contributed by atoms with Crippen LogP contribution in [-0.2, 0) is 9.59 Å². The normalized spacial score (nSPS) is 33.2. The number of carbonyl (C=O) groups excluding carboxylic acids is 1. The van der Waals surface area contributed by atoms with Crippen LogP contribution in [0, 0.1) is 5.92 Å². The lowest BCUT2D eigenvalue weighted by Crippen LogP contribution is -2.48. The van der Waals surface area contributed by atoms with Gasteiger partial charge in [-0.3, -0.25) is 9.59 Å². The number of nitrogens with zero attached hydrogens (tertiary/aromatic N) is 1. The zero-order valence-corrected chi connectivity index (χ0v) is 10.9. The maximum atomic E-state index is 12.4. The molecule has 2 rings (SSSR count). The average molecular weight is 254 g/mol. The summed E-state index contributed by atoms with van der Waals surface area (Å²) in [5.41, 5.74) is 0. The summed E-state index contributed by atoms with van der Waals surface area (Å²) in [7, 11) is 0. The Balaban J connectivity index is 1.98. The number of hydrogen-bond acceptors (Lipinski definition) is 3. The van der Waals surface area contributed by atoms with E-state index in [2.05, 4.69) is 5.32 Å². The van der Waals surface area contributed by atoms with Crippen LogP contribution in [0.15, 0.2) is 0 Å². The van der Waals surface area contributed by atoms with Gasteiger partial charge in [-0.1, -0.05) is 12.8 Å². The van der Waals surface area contributed by atoms with Gasteiger partial charge >= 0.3 is 5.97 Å². The van der Waals surface area contributed by atoms with Gasteiger partial charge in [0.15, 0.2) is 0 Å². The van der Waals surface area contributed by atoms with Gasteiger partial charge in [-0.05, 0) is 32.7 Å². The molecule has 0 spiro atoms. The molecule has 0 saturated carbocycles. The lowest BCUT2D eigenvalue weighted by atomic mass is 10.0. The molecule has 5 nitrogen and oxygen atoms in total. The molecule has 2 saturated heterocycles. The van der Waals surface area contributed by atoms with Crippen molar-refractivity contribution in [3.63, 3.8) is 0 Å². The summed E-state index contributed by atoms with van der Waals surface area (Å²) < 4.78 is 0. The highest BCUT2D eigenvalue weighted by Crippen LogP contribution is 2.25. The van der Waals surface area contributed by atoms with Crippen LogP contribution >= 0.6 is 0 Å². The smallest absolute Gasteiger partial charge is 0.308 e. The average Bonchev–Trinajstić information content (AvgIpc) is 2.56. The lowest BCUT2D eigenvalue weighted by molar-refractivity contribution is -0.143. The van der Waals surface area contributed by atoms with Gasteiger partial charge in [-0.25, -0.2) is 0 Å². The number of rotatable bonds is 2. The maximum absolute atomic E-state index is 12.4. The van der Waals surface area contributed by atoms with Crippen molar-refractivity contribution < 1.29 is 14.7 Å². The Morgan fingerprint density at radius 1 is 1.22 bits per heavy atom. The highest BCUT2D eigenvalue weighted by Gasteiger charge is 2.39. The van der Waals surface area contributed by atoms with Crippen LogP contribution in [0.3, 0.4) is 0 Å². The number of nitrogens with one attached hydrogen (secondary N) is 1. The van der Waals surface area contributed by atoms with E-state index in [1.54, 1.807) is 4.90 Å². The van der Waals surface area contributed by atoms with Crippen molar-refractivity contribution in [1.29, 1.82) is 0 Å². The van der Waals surface area contributed by atoms with Crippen molar-refractivity contribution in [2.24, 2.45) is 5.92 Å². The molecule has 18 heavy (non-hydrogen) atoms. The summed E-state index contributed by atoms with van der Waals surface area (Å²) in [6.45, 7) is 3.32. The highest BCUT2D eigenvalue weighted by atomic mass is 16.4. The van der Waals surface area contributed by atoms with Crippen LogP contribution in [0.5, 0.6) is 0 Å². The summed E-state index contributed by atoms with van der Waals surface area (Å²) in [6.07, 6.45) is 4.82. The topological polar surface area (TPSA) is 69.6 Å². The molecule has 0 radical (unpaired) electrons. The third-order valence-electron chi connectivity index (χ3n) is 4.21. The first-order valence-electron chi connectivity index (χ1n) is 6.88. The minimum Gasteiger partial charge on any atom is -0.481 e. The summed E-state index contributed by atoms with van der Waals surface area (Å²) in [5, 5.41) is 12.4. The van der Waals surface area contributed by atoms with Gasteiger partial charge in [0.05, 0.1) is 12.0 Å². The lowest BCUT2D eigenvalue weighted by Gasteiger charge is -2.27. The van der Waals surface area contributed by atoms with Gasteiger partial charge < -0.3 is 15.3 Å².